The number of carbonyl (C=O) groups is 1. The summed E-state index contributed by atoms with van der Waals surface area (Å²) in [6.45, 7) is 0. The molecule has 1 aromatic rings. The molecule has 90 valence electrons. The maximum Gasteiger partial charge on any atom is 0.223 e. The zero-order chi connectivity index (χ0) is 11.7. The number of hydrogen-bond acceptors (Lipinski definition) is 1. The smallest absolute Gasteiger partial charge is 0.223 e. The minimum Gasteiger partial charge on any atom is -0.353 e. The third kappa shape index (κ3) is 2.21. The van der Waals surface area contributed by atoms with Gasteiger partial charge in [0.05, 0.1) is 0 Å². The molecule has 2 aliphatic rings. The summed E-state index contributed by atoms with van der Waals surface area (Å²) in [5.41, 5.74) is 2.72. The molecule has 2 nitrogen and oxygen atoms in total. The average molecular weight is 229 g/mol. The van der Waals surface area contributed by atoms with Crippen molar-refractivity contribution in [3.63, 3.8) is 0 Å². The second-order valence-corrected chi connectivity index (χ2v) is 5.36. The molecule has 0 heterocycles. The van der Waals surface area contributed by atoms with Gasteiger partial charge >= 0.3 is 0 Å². The quantitative estimate of drug-likeness (QED) is 0.829. The van der Waals surface area contributed by atoms with Crippen LogP contribution in [0.1, 0.15) is 36.8 Å². The zero-order valence-corrected chi connectivity index (χ0v) is 10.1. The summed E-state index contributed by atoms with van der Waals surface area (Å²) in [4.78, 5) is 12.2. The molecule has 1 amide bonds. The van der Waals surface area contributed by atoms with Crippen LogP contribution < -0.4 is 5.32 Å². The van der Waals surface area contributed by atoms with Crippen molar-refractivity contribution in [3.05, 3.63) is 35.4 Å². The minimum absolute atomic E-state index is 0.174. The summed E-state index contributed by atoms with van der Waals surface area (Å²) in [5.74, 6) is 0.445. The normalized spacial score (nSPS) is 20.5. The SMILES string of the molecule is O=C(NC1CCCC1)C1Cc2ccccc2C1. The molecule has 0 aliphatic heterocycles. The van der Waals surface area contributed by atoms with Crippen molar-refractivity contribution >= 4 is 5.91 Å². The van der Waals surface area contributed by atoms with Gasteiger partial charge in [-0.2, -0.15) is 0 Å². The van der Waals surface area contributed by atoms with Gasteiger partial charge < -0.3 is 5.32 Å². The Kier molecular flexibility index (Phi) is 2.87. The highest BCUT2D eigenvalue weighted by Crippen LogP contribution is 2.27. The Morgan fingerprint density at radius 2 is 1.65 bits per heavy atom. The Hall–Kier alpha value is -1.31. The van der Waals surface area contributed by atoms with Gasteiger partial charge in [-0.15, -0.1) is 0 Å². The monoisotopic (exact) mass is 229 g/mol. The van der Waals surface area contributed by atoms with E-state index in [2.05, 4.69) is 29.6 Å². The van der Waals surface area contributed by atoms with Crippen molar-refractivity contribution < 1.29 is 4.79 Å². The molecule has 0 aromatic heterocycles. The van der Waals surface area contributed by atoms with E-state index in [4.69, 9.17) is 0 Å². The van der Waals surface area contributed by atoms with Crippen LogP contribution >= 0.6 is 0 Å². The molecule has 0 unspecified atom stereocenters. The van der Waals surface area contributed by atoms with E-state index in [1.54, 1.807) is 0 Å². The van der Waals surface area contributed by atoms with Crippen LogP contribution in [0.3, 0.4) is 0 Å². The Labute approximate surface area is 102 Å². The molecule has 1 aromatic carbocycles. The van der Waals surface area contributed by atoms with E-state index in [-0.39, 0.29) is 11.8 Å². The van der Waals surface area contributed by atoms with Gasteiger partial charge in [0.2, 0.25) is 5.91 Å². The Morgan fingerprint density at radius 1 is 1.06 bits per heavy atom. The second kappa shape index (κ2) is 4.52. The van der Waals surface area contributed by atoms with Gasteiger partial charge in [-0.1, -0.05) is 37.1 Å². The maximum atomic E-state index is 12.2. The first-order valence-corrected chi connectivity index (χ1v) is 6.70. The lowest BCUT2D eigenvalue weighted by Crippen LogP contribution is -2.37. The Bertz CT molecular complexity index is 396. The second-order valence-electron chi connectivity index (χ2n) is 5.36. The van der Waals surface area contributed by atoms with Gasteiger partial charge in [0.15, 0.2) is 0 Å². The summed E-state index contributed by atoms with van der Waals surface area (Å²) in [6, 6.07) is 8.88. The summed E-state index contributed by atoms with van der Waals surface area (Å²) in [5, 5.41) is 3.22. The van der Waals surface area contributed by atoms with Gasteiger partial charge in [-0.3, -0.25) is 4.79 Å². The predicted octanol–water partition coefficient (Wildman–Crippen LogP) is 2.46. The molecule has 1 N–H and O–H groups in total. The van der Waals surface area contributed by atoms with E-state index < -0.39 is 0 Å². The minimum atomic E-state index is 0.174. The molecular formula is C15H19NO. The fourth-order valence-corrected chi connectivity index (χ4v) is 3.13. The van der Waals surface area contributed by atoms with Crippen LogP contribution in [0.5, 0.6) is 0 Å². The molecule has 3 rings (SSSR count). The van der Waals surface area contributed by atoms with Crippen molar-refractivity contribution in [2.75, 3.05) is 0 Å². The van der Waals surface area contributed by atoms with E-state index in [0.29, 0.717) is 6.04 Å². The number of benzene rings is 1. The predicted molar refractivity (Wildman–Crippen MR) is 67.7 cm³/mol. The maximum absolute atomic E-state index is 12.2. The van der Waals surface area contributed by atoms with Gasteiger partial charge in [-0.25, -0.2) is 0 Å². The van der Waals surface area contributed by atoms with E-state index in [1.807, 2.05) is 0 Å². The lowest BCUT2D eigenvalue weighted by molar-refractivity contribution is -0.125. The first-order valence-electron chi connectivity index (χ1n) is 6.70. The molecular weight excluding hydrogens is 210 g/mol. The largest absolute Gasteiger partial charge is 0.353 e. The zero-order valence-electron chi connectivity index (χ0n) is 10.1. The van der Waals surface area contributed by atoms with Crippen LogP contribution in [-0.4, -0.2) is 11.9 Å². The standard InChI is InChI=1S/C15H19NO/c17-15(16-14-7-3-4-8-14)13-9-11-5-1-2-6-12(11)10-13/h1-2,5-6,13-14H,3-4,7-10H2,(H,16,17). The molecule has 1 saturated carbocycles. The highest BCUT2D eigenvalue weighted by Gasteiger charge is 2.28. The number of fused-ring (bicyclic) bond motifs is 1. The first-order chi connectivity index (χ1) is 8.33. The van der Waals surface area contributed by atoms with Crippen LogP contribution in [0, 0.1) is 5.92 Å². The van der Waals surface area contributed by atoms with Crippen LogP contribution in [0.4, 0.5) is 0 Å². The Morgan fingerprint density at radius 3 is 2.24 bits per heavy atom. The van der Waals surface area contributed by atoms with Crippen molar-refractivity contribution in [3.8, 4) is 0 Å². The lowest BCUT2D eigenvalue weighted by Gasteiger charge is -2.15. The van der Waals surface area contributed by atoms with Gasteiger partial charge in [0.25, 0.3) is 0 Å². The van der Waals surface area contributed by atoms with Crippen molar-refractivity contribution in [1.82, 2.24) is 5.32 Å². The fraction of sp³-hybridized carbons (Fsp3) is 0.533. The van der Waals surface area contributed by atoms with Crippen molar-refractivity contribution in [1.29, 1.82) is 0 Å². The Balaban J connectivity index is 1.62. The van der Waals surface area contributed by atoms with E-state index in [0.717, 1.165) is 12.8 Å². The molecule has 2 heteroatoms. The summed E-state index contributed by atoms with van der Waals surface area (Å²) in [6.07, 6.45) is 6.74. The number of nitrogens with one attached hydrogen (secondary N) is 1. The molecule has 0 bridgehead atoms. The van der Waals surface area contributed by atoms with E-state index in [9.17, 15) is 4.79 Å². The number of amides is 1. The van der Waals surface area contributed by atoms with Gasteiger partial charge in [0.1, 0.15) is 0 Å². The number of rotatable bonds is 2. The summed E-state index contributed by atoms with van der Waals surface area (Å²) in [7, 11) is 0. The third-order valence-corrected chi connectivity index (χ3v) is 4.12. The number of carbonyl (C=O) groups excluding carboxylic acids is 1. The van der Waals surface area contributed by atoms with E-state index in [1.165, 1.54) is 36.8 Å². The van der Waals surface area contributed by atoms with Crippen LogP contribution in [0.2, 0.25) is 0 Å². The van der Waals surface area contributed by atoms with Crippen LogP contribution in [-0.2, 0) is 17.6 Å². The average Bonchev–Trinajstić information content (AvgIpc) is 2.96. The number of hydrogen-bond donors (Lipinski definition) is 1. The highest BCUT2D eigenvalue weighted by molar-refractivity contribution is 5.80. The molecule has 0 radical (unpaired) electrons. The topological polar surface area (TPSA) is 29.1 Å². The van der Waals surface area contributed by atoms with Crippen LogP contribution in [0.25, 0.3) is 0 Å². The van der Waals surface area contributed by atoms with Crippen LogP contribution in [0.15, 0.2) is 24.3 Å². The van der Waals surface area contributed by atoms with Gasteiger partial charge in [-0.05, 0) is 36.8 Å². The first kappa shape index (κ1) is 10.8. The summed E-state index contributed by atoms with van der Waals surface area (Å²) < 4.78 is 0. The highest BCUT2D eigenvalue weighted by atomic mass is 16.1. The van der Waals surface area contributed by atoms with Crippen molar-refractivity contribution in [2.24, 2.45) is 5.92 Å². The molecule has 0 spiro atoms. The molecule has 1 fully saturated rings. The van der Waals surface area contributed by atoms with Crippen molar-refractivity contribution in [2.45, 2.75) is 44.6 Å². The summed E-state index contributed by atoms with van der Waals surface area (Å²) >= 11 is 0. The molecule has 0 saturated heterocycles. The molecule has 17 heavy (non-hydrogen) atoms. The molecule has 2 aliphatic carbocycles. The molecule has 0 atom stereocenters. The van der Waals surface area contributed by atoms with Gasteiger partial charge in [0, 0.05) is 12.0 Å². The fourth-order valence-electron chi connectivity index (χ4n) is 3.13. The van der Waals surface area contributed by atoms with E-state index >= 15 is 0 Å². The third-order valence-electron chi connectivity index (χ3n) is 4.12. The lowest BCUT2D eigenvalue weighted by atomic mass is 10.0.